The Bertz CT molecular complexity index is 1230. The Morgan fingerprint density at radius 2 is 1.50 bits per heavy atom. The molecule has 5 rings (SSSR count). The van der Waals surface area contributed by atoms with Gasteiger partial charge >= 0.3 is 0 Å². The molecule has 184 valence electrons. The molecule has 1 N–H and O–H groups in total. The molecule has 7 nitrogen and oxygen atoms in total. The van der Waals surface area contributed by atoms with Crippen LogP contribution in [0.25, 0.3) is 0 Å². The predicted molar refractivity (Wildman–Crippen MR) is 140 cm³/mol. The van der Waals surface area contributed by atoms with Gasteiger partial charge in [-0.25, -0.2) is 0 Å². The monoisotopic (exact) mass is 482 g/mol. The number of fused-ring (bicyclic) bond motifs is 1. The fourth-order valence-corrected chi connectivity index (χ4v) is 4.82. The summed E-state index contributed by atoms with van der Waals surface area (Å²) in [5.74, 6) is -0.820. The number of benzene rings is 3. The SMILES string of the molecule is O=C(CCN1C(=O)Cc2ccccc2C1=O)Nc1ccc(N2CCN(Cc3ccccc3)CC2)cc1. The number of anilines is 2. The number of nitrogens with zero attached hydrogens (tertiary/aromatic N) is 3. The summed E-state index contributed by atoms with van der Waals surface area (Å²) in [5, 5.41) is 2.88. The van der Waals surface area contributed by atoms with E-state index in [1.54, 1.807) is 18.2 Å². The lowest BCUT2D eigenvalue weighted by Gasteiger charge is -2.36. The van der Waals surface area contributed by atoms with Crippen LogP contribution in [0, 0.1) is 0 Å². The van der Waals surface area contributed by atoms with Crippen LogP contribution in [0.15, 0.2) is 78.9 Å². The zero-order valence-electron chi connectivity index (χ0n) is 20.2. The lowest BCUT2D eigenvalue weighted by Crippen LogP contribution is -2.45. The highest BCUT2D eigenvalue weighted by Crippen LogP contribution is 2.22. The number of carbonyl (C=O) groups is 3. The molecule has 0 saturated carbocycles. The van der Waals surface area contributed by atoms with Crippen molar-refractivity contribution in [2.75, 3.05) is 42.9 Å². The standard InChI is InChI=1S/C29H30N4O3/c34-27(14-15-33-28(35)20-23-8-4-5-9-26(23)29(33)36)30-24-10-12-25(13-11-24)32-18-16-31(17-19-32)21-22-6-2-1-3-7-22/h1-13H,14-21H2,(H,30,34). The van der Waals surface area contributed by atoms with E-state index in [-0.39, 0.29) is 37.1 Å². The number of imide groups is 1. The minimum Gasteiger partial charge on any atom is -0.369 e. The maximum Gasteiger partial charge on any atom is 0.260 e. The van der Waals surface area contributed by atoms with E-state index in [0.717, 1.165) is 44.0 Å². The van der Waals surface area contributed by atoms with Crippen molar-refractivity contribution in [3.05, 3.63) is 95.6 Å². The summed E-state index contributed by atoms with van der Waals surface area (Å²) in [6, 6.07) is 25.5. The largest absolute Gasteiger partial charge is 0.369 e. The van der Waals surface area contributed by atoms with Crippen molar-refractivity contribution in [2.24, 2.45) is 0 Å². The average Bonchev–Trinajstić information content (AvgIpc) is 2.90. The van der Waals surface area contributed by atoms with Crippen molar-refractivity contribution in [1.82, 2.24) is 9.80 Å². The zero-order valence-corrected chi connectivity index (χ0v) is 20.2. The first kappa shape index (κ1) is 23.8. The van der Waals surface area contributed by atoms with Gasteiger partial charge in [-0.2, -0.15) is 0 Å². The van der Waals surface area contributed by atoms with Gasteiger partial charge in [-0.05, 0) is 41.5 Å². The molecule has 0 unspecified atom stereocenters. The van der Waals surface area contributed by atoms with E-state index in [4.69, 9.17) is 0 Å². The Labute approximate surface area is 211 Å². The molecule has 0 aromatic heterocycles. The van der Waals surface area contributed by atoms with Crippen molar-refractivity contribution in [3.63, 3.8) is 0 Å². The van der Waals surface area contributed by atoms with Crippen LogP contribution in [0.3, 0.4) is 0 Å². The van der Waals surface area contributed by atoms with Gasteiger partial charge in [0.05, 0.1) is 6.42 Å². The van der Waals surface area contributed by atoms with E-state index in [2.05, 4.69) is 39.4 Å². The molecule has 0 spiro atoms. The second-order valence-corrected chi connectivity index (χ2v) is 9.28. The number of carbonyl (C=O) groups excluding carboxylic acids is 3. The molecule has 0 bridgehead atoms. The fraction of sp³-hybridized carbons (Fsp3) is 0.276. The summed E-state index contributed by atoms with van der Waals surface area (Å²) in [5.41, 5.74) is 4.45. The van der Waals surface area contributed by atoms with Gasteiger partial charge < -0.3 is 10.2 Å². The quantitative estimate of drug-likeness (QED) is 0.522. The number of hydrogen-bond donors (Lipinski definition) is 1. The number of nitrogens with one attached hydrogen (secondary N) is 1. The number of hydrogen-bond acceptors (Lipinski definition) is 5. The maximum atomic E-state index is 12.7. The summed E-state index contributed by atoms with van der Waals surface area (Å²) >= 11 is 0. The molecule has 2 heterocycles. The molecular weight excluding hydrogens is 452 g/mol. The first-order chi connectivity index (χ1) is 17.6. The Hall–Kier alpha value is -3.97. The van der Waals surface area contributed by atoms with E-state index in [1.165, 1.54) is 10.5 Å². The van der Waals surface area contributed by atoms with Crippen LogP contribution in [0.2, 0.25) is 0 Å². The van der Waals surface area contributed by atoms with Crippen molar-refractivity contribution in [1.29, 1.82) is 0 Å². The lowest BCUT2D eigenvalue weighted by molar-refractivity contribution is -0.128. The summed E-state index contributed by atoms with van der Waals surface area (Å²) in [7, 11) is 0. The van der Waals surface area contributed by atoms with Crippen LogP contribution < -0.4 is 10.2 Å². The normalized spacial score (nSPS) is 16.1. The molecule has 2 aliphatic heterocycles. The molecule has 3 amide bonds. The van der Waals surface area contributed by atoms with E-state index < -0.39 is 0 Å². The Morgan fingerprint density at radius 3 is 2.25 bits per heavy atom. The topological polar surface area (TPSA) is 73.0 Å². The second kappa shape index (κ2) is 10.7. The average molecular weight is 483 g/mol. The van der Waals surface area contributed by atoms with E-state index >= 15 is 0 Å². The first-order valence-corrected chi connectivity index (χ1v) is 12.4. The van der Waals surface area contributed by atoms with Crippen LogP contribution in [-0.4, -0.2) is 60.2 Å². The summed E-state index contributed by atoms with van der Waals surface area (Å²) in [6.07, 6.45) is 0.246. The smallest absolute Gasteiger partial charge is 0.260 e. The van der Waals surface area contributed by atoms with Crippen LogP contribution in [0.5, 0.6) is 0 Å². The molecule has 0 atom stereocenters. The molecule has 1 fully saturated rings. The van der Waals surface area contributed by atoms with Gasteiger partial charge in [-0.15, -0.1) is 0 Å². The molecule has 1 saturated heterocycles. The highest BCUT2D eigenvalue weighted by atomic mass is 16.2. The second-order valence-electron chi connectivity index (χ2n) is 9.28. The van der Waals surface area contributed by atoms with E-state index in [1.807, 2.05) is 36.4 Å². The fourth-order valence-electron chi connectivity index (χ4n) is 4.82. The molecule has 0 radical (unpaired) electrons. The first-order valence-electron chi connectivity index (χ1n) is 12.4. The zero-order chi connectivity index (χ0) is 24.9. The number of amides is 3. The van der Waals surface area contributed by atoms with Gasteiger partial charge in [0.15, 0.2) is 0 Å². The summed E-state index contributed by atoms with van der Waals surface area (Å²) < 4.78 is 0. The van der Waals surface area contributed by atoms with Gasteiger partial charge in [0.2, 0.25) is 11.8 Å². The van der Waals surface area contributed by atoms with Crippen LogP contribution in [-0.2, 0) is 22.6 Å². The third-order valence-corrected chi connectivity index (χ3v) is 6.84. The molecule has 0 aliphatic carbocycles. The molecule has 36 heavy (non-hydrogen) atoms. The van der Waals surface area contributed by atoms with Gasteiger partial charge in [0, 0.05) is 62.6 Å². The molecular formula is C29H30N4O3. The molecule has 3 aromatic carbocycles. The molecule has 2 aliphatic rings. The number of piperazine rings is 1. The van der Waals surface area contributed by atoms with Crippen molar-refractivity contribution in [2.45, 2.75) is 19.4 Å². The maximum absolute atomic E-state index is 12.7. The Kier molecular flexibility index (Phi) is 7.09. The van der Waals surface area contributed by atoms with Gasteiger partial charge in [0.25, 0.3) is 5.91 Å². The number of rotatable bonds is 7. The van der Waals surface area contributed by atoms with Crippen LogP contribution >= 0.6 is 0 Å². The minimum atomic E-state index is -0.331. The van der Waals surface area contributed by atoms with Crippen LogP contribution in [0.4, 0.5) is 11.4 Å². The van der Waals surface area contributed by atoms with E-state index in [9.17, 15) is 14.4 Å². The lowest BCUT2D eigenvalue weighted by atomic mass is 9.98. The molecule has 3 aromatic rings. The van der Waals surface area contributed by atoms with Gasteiger partial charge in [-0.3, -0.25) is 24.2 Å². The van der Waals surface area contributed by atoms with Crippen molar-refractivity contribution >= 4 is 29.1 Å². The predicted octanol–water partition coefficient (Wildman–Crippen LogP) is 3.56. The third kappa shape index (κ3) is 5.47. The van der Waals surface area contributed by atoms with Crippen LogP contribution in [0.1, 0.15) is 27.9 Å². The molecule has 7 heteroatoms. The Morgan fingerprint density at radius 1 is 0.806 bits per heavy atom. The summed E-state index contributed by atoms with van der Waals surface area (Å²) in [4.78, 5) is 43.6. The minimum absolute atomic E-state index is 0.0603. The van der Waals surface area contributed by atoms with Crippen molar-refractivity contribution < 1.29 is 14.4 Å². The van der Waals surface area contributed by atoms with E-state index in [0.29, 0.717) is 11.3 Å². The van der Waals surface area contributed by atoms with Gasteiger partial charge in [-0.1, -0.05) is 48.5 Å². The highest BCUT2D eigenvalue weighted by Gasteiger charge is 2.30. The third-order valence-electron chi connectivity index (χ3n) is 6.84. The highest BCUT2D eigenvalue weighted by molar-refractivity contribution is 6.10. The van der Waals surface area contributed by atoms with Gasteiger partial charge in [0.1, 0.15) is 0 Å². The Balaban J connectivity index is 1.09. The summed E-state index contributed by atoms with van der Waals surface area (Å²) in [6.45, 7) is 4.97. The van der Waals surface area contributed by atoms with Crippen molar-refractivity contribution in [3.8, 4) is 0 Å².